The molecule has 0 unspecified atom stereocenters. The second-order valence-corrected chi connectivity index (χ2v) is 6.72. The lowest BCUT2D eigenvalue weighted by molar-refractivity contribution is 0.0234. The van der Waals surface area contributed by atoms with Gasteiger partial charge in [-0.3, -0.25) is 4.79 Å². The van der Waals surface area contributed by atoms with Crippen molar-refractivity contribution >= 4 is 5.91 Å². The van der Waals surface area contributed by atoms with Gasteiger partial charge in [-0.15, -0.1) is 0 Å². The number of benzene rings is 1. The van der Waals surface area contributed by atoms with E-state index in [2.05, 4.69) is 21.4 Å². The molecule has 1 saturated carbocycles. The minimum absolute atomic E-state index is 0.128. The van der Waals surface area contributed by atoms with Gasteiger partial charge in [0.2, 0.25) is 0 Å². The van der Waals surface area contributed by atoms with Crippen molar-refractivity contribution in [3.8, 4) is 5.75 Å². The lowest BCUT2D eigenvalue weighted by Gasteiger charge is -2.38. The molecule has 0 bridgehead atoms. The molecule has 126 valence electrons. The molecule has 6 heteroatoms. The smallest absolute Gasteiger partial charge is 0.287 e. The Bertz CT molecular complexity index is 765. The summed E-state index contributed by atoms with van der Waals surface area (Å²) < 4.78 is 5.56. The zero-order valence-electron chi connectivity index (χ0n) is 13.6. The number of nitrogens with one attached hydrogen (secondary N) is 2. The maximum atomic E-state index is 12.5. The summed E-state index contributed by atoms with van der Waals surface area (Å²) in [5.41, 5.74) is 3.10. The molecule has 2 aromatic rings. The van der Waals surface area contributed by atoms with Crippen LogP contribution in [0.15, 0.2) is 24.4 Å². The van der Waals surface area contributed by atoms with E-state index in [1.54, 1.807) is 6.20 Å². The van der Waals surface area contributed by atoms with Crippen molar-refractivity contribution in [1.29, 1.82) is 0 Å². The summed E-state index contributed by atoms with van der Waals surface area (Å²) in [6.45, 7) is 2.58. The predicted molar refractivity (Wildman–Crippen MR) is 87.9 cm³/mol. The number of imidazole rings is 1. The van der Waals surface area contributed by atoms with E-state index in [1.807, 2.05) is 19.1 Å². The number of aliphatic hydroxyl groups excluding tert-OH is 1. The average molecular weight is 327 g/mol. The highest BCUT2D eigenvalue weighted by Crippen LogP contribution is 2.39. The molecule has 3 N–H and O–H groups in total. The highest BCUT2D eigenvalue weighted by molar-refractivity contribution is 5.90. The Morgan fingerprint density at radius 1 is 1.46 bits per heavy atom. The van der Waals surface area contributed by atoms with Crippen LogP contribution in [0.2, 0.25) is 0 Å². The summed E-state index contributed by atoms with van der Waals surface area (Å²) in [6.07, 6.45) is 3.68. The second kappa shape index (κ2) is 5.94. The van der Waals surface area contributed by atoms with Gasteiger partial charge in [0.15, 0.2) is 5.82 Å². The molecule has 1 atom stereocenters. The molecule has 4 rings (SSSR count). The van der Waals surface area contributed by atoms with E-state index in [-0.39, 0.29) is 24.0 Å². The summed E-state index contributed by atoms with van der Waals surface area (Å²) in [6, 6.07) is 5.97. The van der Waals surface area contributed by atoms with Gasteiger partial charge < -0.3 is 20.1 Å². The van der Waals surface area contributed by atoms with Crippen molar-refractivity contribution in [2.24, 2.45) is 5.92 Å². The van der Waals surface area contributed by atoms with E-state index in [4.69, 9.17) is 4.74 Å². The molecule has 1 amide bonds. The molecule has 1 aromatic carbocycles. The van der Waals surface area contributed by atoms with Crippen molar-refractivity contribution in [3.05, 3.63) is 47.0 Å². The molecular weight excluding hydrogens is 306 g/mol. The van der Waals surface area contributed by atoms with Crippen molar-refractivity contribution in [1.82, 2.24) is 15.3 Å². The topological polar surface area (TPSA) is 87.2 Å². The highest BCUT2D eigenvalue weighted by Gasteiger charge is 2.36. The number of aromatic nitrogens is 2. The summed E-state index contributed by atoms with van der Waals surface area (Å²) >= 11 is 0. The molecule has 1 fully saturated rings. The third-order valence-corrected chi connectivity index (χ3v) is 4.90. The number of amides is 1. The van der Waals surface area contributed by atoms with Crippen LogP contribution in [0.3, 0.4) is 0 Å². The van der Waals surface area contributed by atoms with Crippen LogP contribution in [0.5, 0.6) is 5.75 Å². The predicted octanol–water partition coefficient (Wildman–Crippen LogP) is 1.90. The molecule has 24 heavy (non-hydrogen) atoms. The fourth-order valence-electron chi connectivity index (χ4n) is 3.51. The molecule has 0 radical (unpaired) electrons. The van der Waals surface area contributed by atoms with Crippen LogP contribution in [0, 0.1) is 12.8 Å². The number of fused-ring (bicyclic) bond motifs is 1. The van der Waals surface area contributed by atoms with Crippen LogP contribution >= 0.6 is 0 Å². The van der Waals surface area contributed by atoms with Gasteiger partial charge in [0, 0.05) is 18.3 Å². The minimum atomic E-state index is -0.266. The van der Waals surface area contributed by atoms with E-state index in [0.717, 1.165) is 23.4 Å². The number of ether oxygens (including phenoxy) is 1. The minimum Gasteiger partial charge on any atom is -0.493 e. The van der Waals surface area contributed by atoms with Crippen molar-refractivity contribution < 1.29 is 14.6 Å². The van der Waals surface area contributed by atoms with Gasteiger partial charge in [0.1, 0.15) is 5.75 Å². The molecule has 1 aromatic heterocycles. The number of nitrogens with zero attached hydrogens (tertiary/aromatic N) is 1. The van der Waals surface area contributed by atoms with E-state index in [0.29, 0.717) is 25.3 Å². The molecule has 2 heterocycles. The van der Waals surface area contributed by atoms with E-state index in [9.17, 15) is 9.90 Å². The molecule has 1 aliphatic heterocycles. The summed E-state index contributed by atoms with van der Waals surface area (Å²) in [7, 11) is 0. The molecule has 0 saturated heterocycles. The number of aryl methyl sites for hydroxylation is 1. The first-order chi connectivity index (χ1) is 11.6. The number of carbonyl (C=O) groups excluding carboxylic acids is 1. The Balaban J connectivity index is 1.58. The van der Waals surface area contributed by atoms with Gasteiger partial charge in [-0.1, -0.05) is 6.07 Å². The Kier molecular flexibility index (Phi) is 3.76. The van der Waals surface area contributed by atoms with Gasteiger partial charge in [-0.2, -0.15) is 0 Å². The van der Waals surface area contributed by atoms with Crippen LogP contribution in [-0.2, 0) is 6.42 Å². The number of aliphatic hydroxyl groups is 1. The average Bonchev–Trinajstić information content (AvgIpc) is 3.17. The van der Waals surface area contributed by atoms with Crippen LogP contribution in [0.1, 0.15) is 46.3 Å². The summed E-state index contributed by atoms with van der Waals surface area (Å²) in [4.78, 5) is 19.6. The maximum absolute atomic E-state index is 12.5. The van der Waals surface area contributed by atoms with E-state index < -0.39 is 0 Å². The van der Waals surface area contributed by atoms with Gasteiger partial charge >= 0.3 is 0 Å². The number of H-pyrrole nitrogens is 1. The van der Waals surface area contributed by atoms with Crippen molar-refractivity contribution in [3.63, 3.8) is 0 Å². The lowest BCUT2D eigenvalue weighted by Crippen LogP contribution is -2.41. The molecule has 1 aliphatic carbocycles. The first kappa shape index (κ1) is 15.2. The Morgan fingerprint density at radius 3 is 3.00 bits per heavy atom. The van der Waals surface area contributed by atoms with Crippen LogP contribution in [-0.4, -0.2) is 33.7 Å². The molecule has 0 spiro atoms. The first-order valence-corrected chi connectivity index (χ1v) is 8.36. The maximum Gasteiger partial charge on any atom is 0.287 e. The number of hydrogen-bond acceptors (Lipinski definition) is 4. The normalized spacial score (nSPS) is 23.1. The number of hydrogen-bond donors (Lipinski definition) is 3. The standard InChI is InChI=1S/C18H21N3O3/c1-10-9-19-17(20-10)18(23)21-16(13-7-14(22)8-13)12-2-3-15-11(6-12)4-5-24-15/h2-3,6,9,13-14,16,22H,4-5,7-8H2,1H3,(H,19,20)(H,21,23)/t13?,14?,16-/m0/s1. The Morgan fingerprint density at radius 2 is 2.29 bits per heavy atom. The van der Waals surface area contributed by atoms with Gasteiger partial charge in [0.25, 0.3) is 5.91 Å². The van der Waals surface area contributed by atoms with Gasteiger partial charge in [-0.25, -0.2) is 4.98 Å². The van der Waals surface area contributed by atoms with Crippen molar-refractivity contribution in [2.45, 2.75) is 38.3 Å². The summed E-state index contributed by atoms with van der Waals surface area (Å²) in [5, 5.41) is 12.8. The second-order valence-electron chi connectivity index (χ2n) is 6.72. The summed E-state index contributed by atoms with van der Waals surface area (Å²) in [5.74, 6) is 1.27. The Hall–Kier alpha value is -2.34. The zero-order valence-corrected chi connectivity index (χ0v) is 13.6. The van der Waals surface area contributed by atoms with E-state index in [1.165, 1.54) is 5.56 Å². The third-order valence-electron chi connectivity index (χ3n) is 4.90. The molecular formula is C18H21N3O3. The van der Waals surface area contributed by atoms with Gasteiger partial charge in [0.05, 0.1) is 18.8 Å². The van der Waals surface area contributed by atoms with Crippen LogP contribution in [0.4, 0.5) is 0 Å². The number of carbonyl (C=O) groups is 1. The lowest BCUT2D eigenvalue weighted by atomic mass is 9.75. The molecule has 2 aliphatic rings. The monoisotopic (exact) mass is 327 g/mol. The fraction of sp³-hybridized carbons (Fsp3) is 0.444. The molecule has 6 nitrogen and oxygen atoms in total. The first-order valence-electron chi connectivity index (χ1n) is 8.36. The number of rotatable bonds is 4. The van der Waals surface area contributed by atoms with Crippen LogP contribution < -0.4 is 10.1 Å². The van der Waals surface area contributed by atoms with Gasteiger partial charge in [-0.05, 0) is 48.9 Å². The van der Waals surface area contributed by atoms with Crippen molar-refractivity contribution in [2.75, 3.05) is 6.61 Å². The zero-order chi connectivity index (χ0) is 16.7. The van der Waals surface area contributed by atoms with E-state index >= 15 is 0 Å². The van der Waals surface area contributed by atoms with Crippen LogP contribution in [0.25, 0.3) is 0 Å². The number of aromatic amines is 1. The highest BCUT2D eigenvalue weighted by atomic mass is 16.5. The largest absolute Gasteiger partial charge is 0.493 e. The Labute approximate surface area is 140 Å². The SMILES string of the molecule is Cc1cnc(C(=O)N[C@@H](c2ccc3c(c2)CCO3)C2CC(O)C2)[nH]1. The quantitative estimate of drug-likeness (QED) is 0.800. The third kappa shape index (κ3) is 2.78. The fourth-order valence-corrected chi connectivity index (χ4v) is 3.51.